The molecule has 0 spiro atoms. The first-order chi connectivity index (χ1) is 14.4. The van der Waals surface area contributed by atoms with E-state index in [9.17, 15) is 17.6 Å². The van der Waals surface area contributed by atoms with Crippen LogP contribution in [0.15, 0.2) is 71.9 Å². The number of benzene rings is 3. The summed E-state index contributed by atoms with van der Waals surface area (Å²) in [4.78, 5) is 17.6. The van der Waals surface area contributed by atoms with Crippen LogP contribution in [0.25, 0.3) is 22.0 Å². The highest BCUT2D eigenvalue weighted by molar-refractivity contribution is 7.91. The third-order valence-electron chi connectivity index (χ3n) is 5.16. The lowest BCUT2D eigenvalue weighted by atomic mass is 10.1. The Balaban J connectivity index is 1.64. The number of hydrogen-bond acceptors (Lipinski definition) is 4. The maximum atomic E-state index is 13.4. The monoisotopic (exact) mass is 421 g/mol. The zero-order chi connectivity index (χ0) is 20.9. The highest BCUT2D eigenvalue weighted by Crippen LogP contribution is 2.32. The molecule has 0 radical (unpaired) electrons. The predicted octanol–water partition coefficient (Wildman–Crippen LogP) is 3.88. The van der Waals surface area contributed by atoms with Gasteiger partial charge in [-0.05, 0) is 35.7 Å². The van der Waals surface area contributed by atoms with Crippen molar-refractivity contribution in [3.05, 3.63) is 78.2 Å². The fourth-order valence-electron chi connectivity index (χ4n) is 3.74. The first kappa shape index (κ1) is 18.5. The van der Waals surface area contributed by atoms with Crippen LogP contribution in [0, 0.1) is 5.82 Å². The van der Waals surface area contributed by atoms with Crippen molar-refractivity contribution in [2.75, 3.05) is 11.1 Å². The predicted molar refractivity (Wildman–Crippen MR) is 112 cm³/mol. The molecule has 0 saturated carbocycles. The van der Waals surface area contributed by atoms with Crippen molar-refractivity contribution in [1.82, 2.24) is 9.55 Å². The smallest absolute Gasteiger partial charge is 0.274 e. The van der Waals surface area contributed by atoms with Crippen LogP contribution < -0.4 is 5.32 Å². The number of nitrogens with zero attached hydrogens (tertiary/aromatic N) is 2. The Hall–Kier alpha value is -3.52. The summed E-state index contributed by atoms with van der Waals surface area (Å²) in [5, 5.41) is 4.60. The molecule has 0 unspecified atom stereocenters. The van der Waals surface area contributed by atoms with Gasteiger partial charge < -0.3 is 9.88 Å². The Morgan fingerprint density at radius 1 is 1.00 bits per heavy atom. The van der Waals surface area contributed by atoms with Gasteiger partial charge in [-0.2, -0.15) is 0 Å². The fraction of sp³-hybridized carbons (Fsp3) is 0.0909. The van der Waals surface area contributed by atoms with Gasteiger partial charge in [-0.3, -0.25) is 4.79 Å². The van der Waals surface area contributed by atoms with Crippen molar-refractivity contribution in [1.29, 1.82) is 0 Å². The van der Waals surface area contributed by atoms with Gasteiger partial charge in [-0.25, -0.2) is 17.8 Å². The normalized spacial score (nSPS) is 14.6. The Morgan fingerprint density at radius 3 is 2.53 bits per heavy atom. The van der Waals surface area contributed by atoms with E-state index < -0.39 is 21.6 Å². The molecule has 8 heteroatoms. The molecule has 0 aliphatic carbocycles. The van der Waals surface area contributed by atoms with Crippen LogP contribution in [-0.2, 0) is 16.4 Å². The van der Waals surface area contributed by atoms with E-state index in [0.29, 0.717) is 11.3 Å². The lowest BCUT2D eigenvalue weighted by Crippen LogP contribution is -2.18. The van der Waals surface area contributed by atoms with Gasteiger partial charge in [0, 0.05) is 23.2 Å². The van der Waals surface area contributed by atoms with E-state index in [1.165, 1.54) is 28.8 Å². The number of hydrogen-bond donors (Lipinski definition) is 1. The van der Waals surface area contributed by atoms with Crippen molar-refractivity contribution in [3.63, 3.8) is 0 Å². The lowest BCUT2D eigenvalue weighted by Gasteiger charge is -2.11. The number of amides is 1. The molecular formula is C22H16FN3O3S. The average molecular weight is 421 g/mol. The van der Waals surface area contributed by atoms with Crippen LogP contribution >= 0.6 is 0 Å². The van der Waals surface area contributed by atoms with Crippen LogP contribution in [0.2, 0.25) is 0 Å². The summed E-state index contributed by atoms with van der Waals surface area (Å²) in [6.45, 7) is 0.143. The molecular weight excluding hydrogens is 405 g/mol. The third kappa shape index (κ3) is 2.96. The summed E-state index contributed by atoms with van der Waals surface area (Å²) in [6, 6.07) is 18.7. The zero-order valence-electron chi connectivity index (χ0n) is 15.7. The first-order valence-corrected chi connectivity index (χ1v) is 11.0. The molecule has 3 aromatic carbocycles. The molecule has 4 aromatic rings. The largest absolute Gasteiger partial charge is 0.320 e. The average Bonchev–Trinajstić information content (AvgIpc) is 3.26. The molecule has 2 heterocycles. The molecule has 1 N–H and O–H groups in total. The van der Waals surface area contributed by atoms with Gasteiger partial charge in [0.1, 0.15) is 17.2 Å². The Bertz CT molecular complexity index is 1400. The number of carbonyl (C=O) groups excluding carboxylic acids is 1. The summed E-state index contributed by atoms with van der Waals surface area (Å²) in [5.41, 5.74) is 1.44. The summed E-state index contributed by atoms with van der Waals surface area (Å²) < 4.78 is 39.6. The number of sulfone groups is 1. The molecule has 0 fully saturated rings. The topological polar surface area (TPSA) is 81.1 Å². The second kappa shape index (κ2) is 6.77. The minimum Gasteiger partial charge on any atom is -0.320 e. The van der Waals surface area contributed by atoms with Crippen molar-refractivity contribution in [2.45, 2.75) is 11.7 Å². The van der Waals surface area contributed by atoms with Gasteiger partial charge in [0.2, 0.25) is 15.0 Å². The first-order valence-electron chi connectivity index (χ1n) is 9.32. The summed E-state index contributed by atoms with van der Waals surface area (Å²) in [5.74, 6) is -1.01. The summed E-state index contributed by atoms with van der Waals surface area (Å²) >= 11 is 0. The molecule has 1 amide bonds. The van der Waals surface area contributed by atoms with Gasteiger partial charge in [0.15, 0.2) is 0 Å². The molecule has 6 nitrogen and oxygen atoms in total. The number of nitrogens with one attached hydrogen (secondary N) is 1. The molecule has 30 heavy (non-hydrogen) atoms. The van der Waals surface area contributed by atoms with Gasteiger partial charge >= 0.3 is 0 Å². The van der Waals surface area contributed by atoms with E-state index in [1.54, 1.807) is 6.07 Å². The second-order valence-corrected chi connectivity index (χ2v) is 9.05. The van der Waals surface area contributed by atoms with Crippen LogP contribution in [0.5, 0.6) is 0 Å². The van der Waals surface area contributed by atoms with E-state index in [4.69, 9.17) is 0 Å². The van der Waals surface area contributed by atoms with E-state index in [1.807, 2.05) is 36.4 Å². The number of fused-ring (bicyclic) bond motifs is 2. The van der Waals surface area contributed by atoms with Crippen molar-refractivity contribution >= 4 is 32.2 Å². The quantitative estimate of drug-likeness (QED) is 0.544. The highest BCUT2D eigenvalue weighted by Gasteiger charge is 2.35. The summed E-state index contributed by atoms with van der Waals surface area (Å²) in [6.07, 6.45) is 0. The maximum absolute atomic E-state index is 13.4. The minimum absolute atomic E-state index is 0.104. The van der Waals surface area contributed by atoms with E-state index >= 15 is 0 Å². The zero-order valence-corrected chi connectivity index (χ0v) is 16.5. The number of carbonyl (C=O) groups is 1. The van der Waals surface area contributed by atoms with Crippen molar-refractivity contribution < 1.29 is 17.6 Å². The molecule has 0 bridgehead atoms. The lowest BCUT2D eigenvalue weighted by molar-refractivity contribution is 0.101. The van der Waals surface area contributed by atoms with Gasteiger partial charge in [0.05, 0.1) is 5.75 Å². The number of anilines is 1. The van der Waals surface area contributed by atoms with Crippen LogP contribution in [-0.4, -0.2) is 29.6 Å². The molecule has 0 saturated heterocycles. The SMILES string of the molecule is O=C(Nc1cccc2ccccc12)c1c(-c2ccc(F)cc2)nc2n1CCS2(=O)=O. The van der Waals surface area contributed by atoms with Crippen molar-refractivity contribution in [3.8, 4) is 11.3 Å². The Labute approximate surface area is 171 Å². The Kier molecular flexibility index (Phi) is 4.18. The fourth-order valence-corrected chi connectivity index (χ4v) is 5.09. The Morgan fingerprint density at radius 2 is 1.73 bits per heavy atom. The molecule has 5 rings (SSSR count). The number of rotatable bonds is 3. The number of aromatic nitrogens is 2. The minimum atomic E-state index is -3.57. The second-order valence-electron chi connectivity index (χ2n) is 7.05. The van der Waals surface area contributed by atoms with Gasteiger partial charge in [-0.15, -0.1) is 0 Å². The van der Waals surface area contributed by atoms with E-state index in [0.717, 1.165) is 10.8 Å². The maximum Gasteiger partial charge on any atom is 0.274 e. The number of halogens is 1. The molecule has 1 aromatic heterocycles. The van der Waals surface area contributed by atoms with Crippen molar-refractivity contribution in [2.24, 2.45) is 0 Å². The molecule has 1 aliphatic rings. The highest BCUT2D eigenvalue weighted by atomic mass is 32.2. The van der Waals surface area contributed by atoms with Gasteiger partial charge in [0.25, 0.3) is 5.91 Å². The van der Waals surface area contributed by atoms with E-state index in [2.05, 4.69) is 10.3 Å². The van der Waals surface area contributed by atoms with Crippen LogP contribution in [0.3, 0.4) is 0 Å². The van der Waals surface area contributed by atoms with E-state index in [-0.39, 0.29) is 28.8 Å². The van der Waals surface area contributed by atoms with Crippen LogP contribution in [0.1, 0.15) is 10.5 Å². The molecule has 0 atom stereocenters. The molecule has 1 aliphatic heterocycles. The summed E-state index contributed by atoms with van der Waals surface area (Å²) in [7, 11) is -3.57. The van der Waals surface area contributed by atoms with Crippen LogP contribution in [0.4, 0.5) is 10.1 Å². The third-order valence-corrected chi connectivity index (χ3v) is 6.75. The number of imidazole rings is 1. The standard InChI is InChI=1S/C22H16FN3O3S/c23-16-10-8-15(9-11-16)19-20(26-12-13-30(28,29)22(26)25-19)21(27)24-18-7-3-5-14-4-1-2-6-17(14)18/h1-11H,12-13H2,(H,24,27). The van der Waals surface area contributed by atoms with Gasteiger partial charge in [-0.1, -0.05) is 36.4 Å². The molecule has 150 valence electrons.